The quantitative estimate of drug-likeness (QED) is 0.699. The molecule has 0 radical (unpaired) electrons. The van der Waals surface area contributed by atoms with E-state index in [9.17, 15) is 0 Å². The summed E-state index contributed by atoms with van der Waals surface area (Å²) in [5.41, 5.74) is 1.04. The van der Waals surface area contributed by atoms with Crippen molar-refractivity contribution >= 4 is 17.4 Å². The molecule has 1 aromatic heterocycles. The van der Waals surface area contributed by atoms with E-state index in [0.717, 1.165) is 24.5 Å². The van der Waals surface area contributed by atoms with E-state index in [0.29, 0.717) is 12.5 Å². The van der Waals surface area contributed by atoms with Gasteiger partial charge in [0.1, 0.15) is 5.82 Å². The third-order valence-corrected chi connectivity index (χ3v) is 2.54. The Bertz CT molecular complexity index is 276. The van der Waals surface area contributed by atoms with Crippen LogP contribution in [0.5, 0.6) is 0 Å². The molecule has 15 heavy (non-hydrogen) atoms. The van der Waals surface area contributed by atoms with E-state index in [1.807, 2.05) is 18.3 Å². The lowest BCUT2D eigenvalue weighted by Crippen LogP contribution is -2.27. The molecule has 4 heteroatoms. The van der Waals surface area contributed by atoms with Crippen molar-refractivity contribution in [1.82, 2.24) is 4.98 Å². The Morgan fingerprint density at radius 1 is 1.47 bits per heavy atom. The molecule has 1 rings (SSSR count). The third kappa shape index (κ3) is 3.68. The Kier molecular flexibility index (Phi) is 5.43. The topological polar surface area (TPSA) is 25.4 Å². The average Bonchev–Trinajstić information content (AvgIpc) is 2.31. The molecule has 0 N–H and O–H groups in total. The van der Waals surface area contributed by atoms with Crippen LogP contribution in [0, 0.1) is 0 Å². The summed E-state index contributed by atoms with van der Waals surface area (Å²) in [5.74, 6) is 1.49. The predicted octanol–water partition coefficient (Wildman–Crippen LogP) is 2.29. The predicted molar refractivity (Wildman–Crippen MR) is 63.6 cm³/mol. The number of halogens is 1. The Hall–Kier alpha value is -0.800. The number of nitrogens with zero attached hydrogens (tertiary/aromatic N) is 2. The van der Waals surface area contributed by atoms with Gasteiger partial charge in [0, 0.05) is 32.3 Å². The molecule has 0 amide bonds. The molecule has 3 nitrogen and oxygen atoms in total. The highest BCUT2D eigenvalue weighted by Crippen LogP contribution is 2.11. The number of hydrogen-bond donors (Lipinski definition) is 0. The van der Waals surface area contributed by atoms with E-state index in [1.54, 1.807) is 7.11 Å². The Labute approximate surface area is 96.0 Å². The first-order valence-electron chi connectivity index (χ1n) is 5.06. The molecule has 0 aliphatic rings. The average molecular weight is 229 g/mol. The standard InChI is InChI=1S/C11H17ClN2O/c1-3-14(6-7-15-2)11-5-4-10(8-12)9-13-11/h4-5,9H,3,6-8H2,1-2H3. The van der Waals surface area contributed by atoms with E-state index >= 15 is 0 Å². The van der Waals surface area contributed by atoms with Crippen molar-refractivity contribution in [3.8, 4) is 0 Å². The van der Waals surface area contributed by atoms with Crippen LogP contribution >= 0.6 is 11.6 Å². The van der Waals surface area contributed by atoms with Gasteiger partial charge in [0.05, 0.1) is 6.61 Å². The zero-order valence-electron chi connectivity index (χ0n) is 9.24. The lowest BCUT2D eigenvalue weighted by atomic mass is 10.3. The molecule has 0 saturated carbocycles. The zero-order chi connectivity index (χ0) is 11.1. The van der Waals surface area contributed by atoms with Crippen LogP contribution in [0.2, 0.25) is 0 Å². The van der Waals surface area contributed by atoms with Crippen molar-refractivity contribution in [1.29, 1.82) is 0 Å². The number of pyridine rings is 1. The number of anilines is 1. The van der Waals surface area contributed by atoms with Gasteiger partial charge in [0.2, 0.25) is 0 Å². The molecule has 0 spiro atoms. The van der Waals surface area contributed by atoms with E-state index in [2.05, 4.69) is 16.8 Å². The number of hydrogen-bond acceptors (Lipinski definition) is 3. The second-order valence-electron chi connectivity index (χ2n) is 3.23. The van der Waals surface area contributed by atoms with E-state index in [4.69, 9.17) is 16.3 Å². The zero-order valence-corrected chi connectivity index (χ0v) is 10.00. The van der Waals surface area contributed by atoms with Crippen LogP contribution in [0.25, 0.3) is 0 Å². The van der Waals surface area contributed by atoms with Crippen LogP contribution in [0.15, 0.2) is 18.3 Å². The van der Waals surface area contributed by atoms with Crippen molar-refractivity contribution in [3.05, 3.63) is 23.9 Å². The normalized spacial score (nSPS) is 10.3. The van der Waals surface area contributed by atoms with Crippen molar-refractivity contribution in [2.24, 2.45) is 0 Å². The first-order valence-corrected chi connectivity index (χ1v) is 5.60. The minimum atomic E-state index is 0.511. The van der Waals surface area contributed by atoms with E-state index in [1.165, 1.54) is 0 Å². The smallest absolute Gasteiger partial charge is 0.128 e. The summed E-state index contributed by atoms with van der Waals surface area (Å²) >= 11 is 5.70. The van der Waals surface area contributed by atoms with Gasteiger partial charge in [0.15, 0.2) is 0 Å². The van der Waals surface area contributed by atoms with Gasteiger partial charge in [-0.25, -0.2) is 4.98 Å². The molecule has 0 bridgehead atoms. The summed E-state index contributed by atoms with van der Waals surface area (Å²) in [7, 11) is 1.71. The number of ether oxygens (including phenoxy) is 1. The van der Waals surface area contributed by atoms with Gasteiger partial charge in [-0.2, -0.15) is 0 Å². The molecule has 84 valence electrons. The van der Waals surface area contributed by atoms with Crippen molar-refractivity contribution in [2.75, 3.05) is 31.7 Å². The molecular weight excluding hydrogens is 212 g/mol. The van der Waals surface area contributed by atoms with Gasteiger partial charge in [-0.05, 0) is 18.6 Å². The number of aromatic nitrogens is 1. The number of rotatable bonds is 6. The minimum absolute atomic E-state index is 0.511. The molecule has 0 aliphatic heterocycles. The first kappa shape index (κ1) is 12.3. The second kappa shape index (κ2) is 6.64. The van der Waals surface area contributed by atoms with Gasteiger partial charge >= 0.3 is 0 Å². The highest BCUT2D eigenvalue weighted by molar-refractivity contribution is 6.17. The molecule has 0 atom stereocenters. The Balaban J connectivity index is 2.65. The van der Waals surface area contributed by atoms with Crippen LogP contribution < -0.4 is 4.90 Å². The maximum Gasteiger partial charge on any atom is 0.128 e. The second-order valence-corrected chi connectivity index (χ2v) is 3.50. The largest absolute Gasteiger partial charge is 0.383 e. The molecular formula is C11H17ClN2O. The molecule has 0 saturated heterocycles. The Morgan fingerprint density at radius 2 is 2.27 bits per heavy atom. The van der Waals surface area contributed by atoms with E-state index < -0.39 is 0 Å². The number of methoxy groups -OCH3 is 1. The van der Waals surface area contributed by atoms with Gasteiger partial charge in [0.25, 0.3) is 0 Å². The van der Waals surface area contributed by atoms with E-state index in [-0.39, 0.29) is 0 Å². The maximum atomic E-state index is 5.70. The van der Waals surface area contributed by atoms with Crippen molar-refractivity contribution in [3.63, 3.8) is 0 Å². The van der Waals surface area contributed by atoms with Gasteiger partial charge in [-0.15, -0.1) is 11.6 Å². The fraction of sp³-hybridized carbons (Fsp3) is 0.545. The van der Waals surface area contributed by atoms with Crippen LogP contribution in [-0.4, -0.2) is 31.8 Å². The van der Waals surface area contributed by atoms with Crippen LogP contribution in [0.3, 0.4) is 0 Å². The maximum absolute atomic E-state index is 5.70. The highest BCUT2D eigenvalue weighted by Gasteiger charge is 2.04. The van der Waals surface area contributed by atoms with Crippen molar-refractivity contribution in [2.45, 2.75) is 12.8 Å². The van der Waals surface area contributed by atoms with Crippen LogP contribution in [0.1, 0.15) is 12.5 Å². The SMILES string of the molecule is CCN(CCOC)c1ccc(CCl)cn1. The molecule has 0 aliphatic carbocycles. The third-order valence-electron chi connectivity index (χ3n) is 2.23. The molecule has 1 aromatic rings. The summed E-state index contributed by atoms with van der Waals surface area (Å²) in [4.78, 5) is 6.53. The van der Waals surface area contributed by atoms with Crippen molar-refractivity contribution < 1.29 is 4.74 Å². The highest BCUT2D eigenvalue weighted by atomic mass is 35.5. The molecule has 0 aromatic carbocycles. The molecule has 1 heterocycles. The van der Waals surface area contributed by atoms with Crippen LogP contribution in [-0.2, 0) is 10.6 Å². The summed E-state index contributed by atoms with van der Waals surface area (Å²) < 4.78 is 5.05. The van der Waals surface area contributed by atoms with Crippen LogP contribution in [0.4, 0.5) is 5.82 Å². The minimum Gasteiger partial charge on any atom is -0.383 e. The summed E-state index contributed by atoms with van der Waals surface area (Å²) in [5, 5.41) is 0. The summed E-state index contributed by atoms with van der Waals surface area (Å²) in [6, 6.07) is 4.00. The first-order chi connectivity index (χ1) is 7.31. The fourth-order valence-electron chi connectivity index (χ4n) is 1.32. The Morgan fingerprint density at radius 3 is 2.73 bits per heavy atom. The number of likely N-dealkylation sites (N-methyl/N-ethyl adjacent to an activating group) is 1. The summed E-state index contributed by atoms with van der Waals surface area (Å²) in [6.07, 6.45) is 1.82. The summed E-state index contributed by atoms with van der Waals surface area (Å²) in [6.45, 7) is 4.61. The van der Waals surface area contributed by atoms with Gasteiger partial charge in [-0.3, -0.25) is 0 Å². The molecule has 0 fully saturated rings. The number of alkyl halides is 1. The van der Waals surface area contributed by atoms with Gasteiger partial charge < -0.3 is 9.64 Å². The van der Waals surface area contributed by atoms with Gasteiger partial charge in [-0.1, -0.05) is 6.07 Å². The fourth-order valence-corrected chi connectivity index (χ4v) is 1.48. The lowest BCUT2D eigenvalue weighted by Gasteiger charge is -2.21. The molecule has 0 unspecified atom stereocenters. The monoisotopic (exact) mass is 228 g/mol. The lowest BCUT2D eigenvalue weighted by molar-refractivity contribution is 0.205.